The molecule has 8 heteroatoms. The van der Waals surface area contributed by atoms with Gasteiger partial charge >= 0.3 is 0 Å². The molecule has 2 aromatic rings. The van der Waals surface area contributed by atoms with Crippen LogP contribution in [-0.2, 0) is 11.3 Å². The highest BCUT2D eigenvalue weighted by Gasteiger charge is 2.28. The van der Waals surface area contributed by atoms with E-state index in [2.05, 4.69) is 5.32 Å². The number of benzene rings is 2. The van der Waals surface area contributed by atoms with Crippen LogP contribution in [0.3, 0.4) is 0 Å². The molecule has 0 aromatic heterocycles. The molecule has 0 aliphatic heterocycles. The van der Waals surface area contributed by atoms with Gasteiger partial charge in [0.15, 0.2) is 0 Å². The Morgan fingerprint density at radius 3 is 2.48 bits per heavy atom. The van der Waals surface area contributed by atoms with Crippen molar-refractivity contribution in [3.8, 4) is 0 Å². The second kappa shape index (κ2) is 9.52. The lowest BCUT2D eigenvalue weighted by Crippen LogP contribution is -2.50. The normalized spacial score (nSPS) is 11.8. The van der Waals surface area contributed by atoms with E-state index in [9.17, 15) is 19.7 Å². The molecule has 1 atom stereocenters. The second-order valence-electron chi connectivity index (χ2n) is 7.29. The Bertz CT molecular complexity index is 930. The van der Waals surface area contributed by atoms with Crippen molar-refractivity contribution >= 4 is 29.1 Å². The number of non-ortho nitro benzene ring substituents is 1. The quantitative estimate of drug-likeness (QED) is 0.545. The number of nitrogens with zero attached hydrogens (tertiary/aromatic N) is 2. The fraction of sp³-hybridized carbons (Fsp3) is 0.333. The Labute approximate surface area is 174 Å². The predicted octanol–water partition coefficient (Wildman–Crippen LogP) is 3.97. The smallest absolute Gasteiger partial charge is 0.269 e. The van der Waals surface area contributed by atoms with Gasteiger partial charge in [0.05, 0.1) is 4.92 Å². The Morgan fingerprint density at radius 1 is 1.21 bits per heavy atom. The van der Waals surface area contributed by atoms with E-state index in [-0.39, 0.29) is 30.0 Å². The fourth-order valence-electron chi connectivity index (χ4n) is 2.89. The van der Waals surface area contributed by atoms with Crippen LogP contribution >= 0.6 is 11.6 Å². The Morgan fingerprint density at radius 2 is 1.90 bits per heavy atom. The number of nitro groups is 1. The van der Waals surface area contributed by atoms with Gasteiger partial charge in [0.25, 0.3) is 11.6 Å². The van der Waals surface area contributed by atoms with Crippen molar-refractivity contribution in [3.63, 3.8) is 0 Å². The lowest BCUT2D eigenvalue weighted by atomic mass is 10.0. The molecule has 0 spiro atoms. The summed E-state index contributed by atoms with van der Waals surface area (Å²) in [4.78, 5) is 37.5. The first-order valence-corrected chi connectivity index (χ1v) is 9.53. The average molecular weight is 418 g/mol. The molecule has 1 unspecified atom stereocenters. The van der Waals surface area contributed by atoms with E-state index in [1.807, 2.05) is 26.8 Å². The number of carbonyl (C=O) groups is 2. The SMILES string of the molecule is Cc1cccc(C(=O)NC(C(=O)N(C)Cc2cc([N+](=O)[O-])ccc2Cl)C(C)C)c1. The van der Waals surface area contributed by atoms with Gasteiger partial charge in [-0.2, -0.15) is 0 Å². The highest BCUT2D eigenvalue weighted by Crippen LogP contribution is 2.23. The molecule has 154 valence electrons. The summed E-state index contributed by atoms with van der Waals surface area (Å²) in [5, 5.41) is 14.1. The van der Waals surface area contributed by atoms with E-state index in [1.165, 1.54) is 23.1 Å². The fourth-order valence-corrected chi connectivity index (χ4v) is 3.07. The van der Waals surface area contributed by atoms with Crippen LogP contribution in [0.1, 0.15) is 35.3 Å². The maximum absolute atomic E-state index is 13.0. The van der Waals surface area contributed by atoms with E-state index < -0.39 is 11.0 Å². The number of nitro benzene ring substituents is 1. The minimum absolute atomic E-state index is 0.0862. The van der Waals surface area contributed by atoms with Crippen molar-refractivity contribution in [2.45, 2.75) is 33.4 Å². The highest BCUT2D eigenvalue weighted by atomic mass is 35.5. The number of amides is 2. The summed E-state index contributed by atoms with van der Waals surface area (Å²) < 4.78 is 0. The molecule has 2 rings (SSSR count). The van der Waals surface area contributed by atoms with Crippen LogP contribution in [0.2, 0.25) is 5.02 Å². The number of hydrogen-bond donors (Lipinski definition) is 1. The van der Waals surface area contributed by atoms with Gasteiger partial charge in [0, 0.05) is 36.3 Å². The van der Waals surface area contributed by atoms with Crippen LogP contribution < -0.4 is 5.32 Å². The molecule has 2 amide bonds. The van der Waals surface area contributed by atoms with Gasteiger partial charge in [-0.1, -0.05) is 43.1 Å². The molecule has 0 saturated heterocycles. The van der Waals surface area contributed by atoms with E-state index in [0.717, 1.165) is 5.56 Å². The summed E-state index contributed by atoms with van der Waals surface area (Å²) in [5.41, 5.74) is 1.79. The zero-order chi connectivity index (χ0) is 21.7. The van der Waals surface area contributed by atoms with Crippen molar-refractivity contribution < 1.29 is 14.5 Å². The van der Waals surface area contributed by atoms with Gasteiger partial charge in [0.1, 0.15) is 6.04 Å². The molecule has 0 saturated carbocycles. The largest absolute Gasteiger partial charge is 0.340 e. The maximum Gasteiger partial charge on any atom is 0.269 e. The van der Waals surface area contributed by atoms with Crippen LogP contribution in [0.25, 0.3) is 0 Å². The van der Waals surface area contributed by atoms with E-state index >= 15 is 0 Å². The molecule has 29 heavy (non-hydrogen) atoms. The van der Waals surface area contributed by atoms with Gasteiger partial charge in [-0.25, -0.2) is 0 Å². The minimum Gasteiger partial charge on any atom is -0.340 e. The summed E-state index contributed by atoms with van der Waals surface area (Å²) in [6.45, 7) is 5.65. The molecule has 0 radical (unpaired) electrons. The third kappa shape index (κ3) is 5.77. The number of hydrogen-bond acceptors (Lipinski definition) is 4. The van der Waals surface area contributed by atoms with Gasteiger partial charge < -0.3 is 10.2 Å². The van der Waals surface area contributed by atoms with Crippen LogP contribution in [0.15, 0.2) is 42.5 Å². The zero-order valence-corrected chi connectivity index (χ0v) is 17.6. The predicted molar refractivity (Wildman–Crippen MR) is 112 cm³/mol. The molecule has 0 heterocycles. The molecule has 0 aliphatic rings. The summed E-state index contributed by atoms with van der Waals surface area (Å²) >= 11 is 6.14. The highest BCUT2D eigenvalue weighted by molar-refractivity contribution is 6.31. The average Bonchev–Trinajstić information content (AvgIpc) is 2.66. The monoisotopic (exact) mass is 417 g/mol. The topological polar surface area (TPSA) is 92.6 Å². The summed E-state index contributed by atoms with van der Waals surface area (Å²) in [5.74, 6) is -0.787. The Hall–Kier alpha value is -2.93. The number of rotatable bonds is 7. The maximum atomic E-state index is 13.0. The van der Waals surface area contributed by atoms with Crippen LogP contribution in [-0.4, -0.2) is 34.7 Å². The van der Waals surface area contributed by atoms with Crippen LogP contribution in [0.4, 0.5) is 5.69 Å². The Kier molecular flexibility index (Phi) is 7.34. The molecule has 0 aliphatic carbocycles. The molecule has 2 aromatic carbocycles. The first-order valence-electron chi connectivity index (χ1n) is 9.15. The number of halogens is 1. The van der Waals surface area contributed by atoms with Gasteiger partial charge in [0.2, 0.25) is 5.91 Å². The molecule has 0 bridgehead atoms. The van der Waals surface area contributed by atoms with Gasteiger partial charge in [-0.05, 0) is 36.6 Å². The van der Waals surface area contributed by atoms with Crippen molar-refractivity contribution in [1.29, 1.82) is 0 Å². The van der Waals surface area contributed by atoms with E-state index in [1.54, 1.807) is 25.2 Å². The van der Waals surface area contributed by atoms with Crippen LogP contribution in [0.5, 0.6) is 0 Å². The molecule has 1 N–H and O–H groups in total. The van der Waals surface area contributed by atoms with Crippen molar-refractivity contribution in [1.82, 2.24) is 10.2 Å². The summed E-state index contributed by atoms with van der Waals surface area (Å²) in [6.07, 6.45) is 0. The number of carbonyl (C=O) groups excluding carboxylic acids is 2. The lowest BCUT2D eigenvalue weighted by molar-refractivity contribution is -0.384. The minimum atomic E-state index is -0.745. The third-order valence-corrected chi connectivity index (χ3v) is 4.89. The van der Waals surface area contributed by atoms with Crippen molar-refractivity contribution in [2.24, 2.45) is 5.92 Å². The van der Waals surface area contributed by atoms with Gasteiger partial charge in [-0.15, -0.1) is 0 Å². The molecular weight excluding hydrogens is 394 g/mol. The first-order chi connectivity index (χ1) is 13.6. The van der Waals surface area contributed by atoms with E-state index in [4.69, 9.17) is 11.6 Å². The van der Waals surface area contributed by atoms with Crippen molar-refractivity contribution in [2.75, 3.05) is 7.05 Å². The number of nitrogens with one attached hydrogen (secondary N) is 1. The second-order valence-corrected chi connectivity index (χ2v) is 7.70. The van der Waals surface area contributed by atoms with Crippen molar-refractivity contribution in [3.05, 3.63) is 74.3 Å². The Balaban J connectivity index is 2.17. The first kappa shape index (κ1) is 22.4. The van der Waals surface area contributed by atoms with Crippen LogP contribution in [0, 0.1) is 23.0 Å². The number of likely N-dealkylation sites (N-methyl/N-ethyl adjacent to an activating group) is 1. The third-order valence-electron chi connectivity index (χ3n) is 4.52. The van der Waals surface area contributed by atoms with E-state index in [0.29, 0.717) is 16.1 Å². The molecule has 0 fully saturated rings. The zero-order valence-electron chi connectivity index (χ0n) is 16.8. The summed E-state index contributed by atoms with van der Waals surface area (Å²) in [6, 6.07) is 10.5. The van der Waals surface area contributed by atoms with Gasteiger partial charge in [-0.3, -0.25) is 19.7 Å². The molecule has 7 nitrogen and oxygen atoms in total. The summed E-state index contributed by atoms with van der Waals surface area (Å²) in [7, 11) is 1.58. The number of aryl methyl sites for hydroxylation is 1. The standard InChI is InChI=1S/C21H24ClN3O4/c1-13(2)19(23-20(26)15-7-5-6-14(3)10-15)21(27)24(4)12-16-11-17(25(28)29)8-9-18(16)22/h5-11,13,19H,12H2,1-4H3,(H,23,26). The lowest BCUT2D eigenvalue weighted by Gasteiger charge is -2.27. The molecular formula is C21H24ClN3O4.